The Bertz CT molecular complexity index is 1150. The summed E-state index contributed by atoms with van der Waals surface area (Å²) in [5.41, 5.74) is 2.68. The van der Waals surface area contributed by atoms with Crippen LogP contribution in [0.3, 0.4) is 0 Å². The molecule has 0 bridgehead atoms. The maximum atomic E-state index is 13.0. The molecular weight excluding hydrogens is 438 g/mol. The molecule has 0 spiro atoms. The van der Waals surface area contributed by atoms with E-state index in [0.29, 0.717) is 37.1 Å². The van der Waals surface area contributed by atoms with Gasteiger partial charge in [0.1, 0.15) is 12.6 Å². The van der Waals surface area contributed by atoms with Crippen molar-refractivity contribution in [2.75, 3.05) is 32.8 Å². The molecule has 1 aliphatic rings. The Labute approximate surface area is 196 Å². The minimum Gasteiger partial charge on any atom is -0.445 e. The van der Waals surface area contributed by atoms with Gasteiger partial charge in [-0.25, -0.2) is 9.78 Å². The summed E-state index contributed by atoms with van der Waals surface area (Å²) in [6, 6.07) is 13.3. The molecule has 1 aromatic heterocycles. The molecule has 2 aromatic carbocycles. The van der Waals surface area contributed by atoms with E-state index < -0.39 is 30.6 Å². The van der Waals surface area contributed by atoms with Gasteiger partial charge in [-0.2, -0.15) is 0 Å². The molecular formula is C24H27N5O5. The van der Waals surface area contributed by atoms with Crippen LogP contribution in [0.1, 0.15) is 22.3 Å². The predicted molar refractivity (Wildman–Crippen MR) is 124 cm³/mol. The van der Waals surface area contributed by atoms with Crippen LogP contribution < -0.4 is 5.32 Å². The van der Waals surface area contributed by atoms with Crippen molar-refractivity contribution in [2.45, 2.75) is 19.1 Å². The SMILES string of the molecule is O=C(N[C@@H](CO)C(=O)N1CCCN(C(=O)OCc2ccccc2)CC1)c1ccc2nc[nH]c2c1. The zero-order valence-electron chi connectivity index (χ0n) is 18.6. The highest BCUT2D eigenvalue weighted by atomic mass is 16.6. The average Bonchev–Trinajstić information content (AvgIpc) is 3.20. The number of aliphatic hydroxyl groups excluding tert-OH is 1. The van der Waals surface area contributed by atoms with E-state index in [0.717, 1.165) is 11.1 Å². The Kier molecular flexibility index (Phi) is 7.38. The van der Waals surface area contributed by atoms with Crippen molar-refractivity contribution in [3.63, 3.8) is 0 Å². The van der Waals surface area contributed by atoms with Crippen LogP contribution in [0.2, 0.25) is 0 Å². The van der Waals surface area contributed by atoms with Gasteiger partial charge in [-0.3, -0.25) is 9.59 Å². The number of aromatic nitrogens is 2. The number of aromatic amines is 1. The van der Waals surface area contributed by atoms with Crippen LogP contribution in [-0.2, 0) is 16.1 Å². The summed E-state index contributed by atoms with van der Waals surface area (Å²) in [6.07, 6.45) is 1.67. The Morgan fingerprint density at radius 1 is 1.06 bits per heavy atom. The van der Waals surface area contributed by atoms with Gasteiger partial charge in [0.2, 0.25) is 5.91 Å². The number of carbonyl (C=O) groups is 3. The molecule has 0 aliphatic carbocycles. The number of amides is 3. The molecule has 0 radical (unpaired) electrons. The summed E-state index contributed by atoms with van der Waals surface area (Å²) >= 11 is 0. The fourth-order valence-corrected chi connectivity index (χ4v) is 3.86. The van der Waals surface area contributed by atoms with Gasteiger partial charge in [-0.1, -0.05) is 30.3 Å². The van der Waals surface area contributed by atoms with Gasteiger partial charge in [0, 0.05) is 31.7 Å². The fourth-order valence-electron chi connectivity index (χ4n) is 3.86. The van der Waals surface area contributed by atoms with Gasteiger partial charge in [-0.15, -0.1) is 0 Å². The first-order valence-electron chi connectivity index (χ1n) is 11.1. The van der Waals surface area contributed by atoms with Crippen molar-refractivity contribution >= 4 is 28.9 Å². The molecule has 4 rings (SSSR count). The molecule has 10 heteroatoms. The van der Waals surface area contributed by atoms with E-state index in [4.69, 9.17) is 4.74 Å². The minimum absolute atomic E-state index is 0.182. The van der Waals surface area contributed by atoms with Crippen molar-refractivity contribution < 1.29 is 24.2 Å². The molecule has 34 heavy (non-hydrogen) atoms. The maximum absolute atomic E-state index is 13.0. The van der Waals surface area contributed by atoms with Crippen molar-refractivity contribution in [1.82, 2.24) is 25.1 Å². The van der Waals surface area contributed by atoms with Crippen LogP contribution in [0, 0.1) is 0 Å². The Morgan fingerprint density at radius 3 is 2.62 bits per heavy atom. The number of ether oxygens (including phenoxy) is 1. The summed E-state index contributed by atoms with van der Waals surface area (Å²) in [5, 5.41) is 12.4. The van der Waals surface area contributed by atoms with Gasteiger partial charge in [-0.05, 0) is 30.2 Å². The Hall–Kier alpha value is -3.92. The smallest absolute Gasteiger partial charge is 0.410 e. The topological polar surface area (TPSA) is 128 Å². The standard InChI is InChI=1S/C24H27N5O5/c30-14-21(27-22(31)18-7-8-19-20(13-18)26-16-25-19)23(32)28-9-4-10-29(12-11-28)24(33)34-15-17-5-2-1-3-6-17/h1-3,5-8,13,16,21,30H,4,9-12,14-15H2,(H,25,26)(H,27,31)/t21-/m0/s1. The Morgan fingerprint density at radius 2 is 1.82 bits per heavy atom. The van der Waals surface area contributed by atoms with Gasteiger partial charge in [0.05, 0.1) is 24.0 Å². The third-order valence-electron chi connectivity index (χ3n) is 5.74. The molecule has 1 fully saturated rings. The first-order chi connectivity index (χ1) is 16.5. The number of hydrogen-bond donors (Lipinski definition) is 3. The molecule has 0 saturated carbocycles. The number of rotatable bonds is 6. The molecule has 3 aromatic rings. The summed E-state index contributed by atoms with van der Waals surface area (Å²) in [6.45, 7) is 1.11. The lowest BCUT2D eigenvalue weighted by Crippen LogP contribution is -2.51. The zero-order chi connectivity index (χ0) is 23.9. The predicted octanol–water partition coefficient (Wildman–Crippen LogP) is 1.52. The number of imidazole rings is 1. The molecule has 3 amide bonds. The van der Waals surface area contributed by atoms with Crippen molar-refractivity contribution in [3.05, 3.63) is 66.0 Å². The normalized spacial score (nSPS) is 15.0. The van der Waals surface area contributed by atoms with Crippen LogP contribution in [0.4, 0.5) is 4.79 Å². The summed E-state index contributed by atoms with van der Waals surface area (Å²) in [7, 11) is 0. The lowest BCUT2D eigenvalue weighted by Gasteiger charge is -2.26. The highest BCUT2D eigenvalue weighted by molar-refractivity contribution is 5.99. The fraction of sp³-hybridized carbons (Fsp3) is 0.333. The number of carbonyl (C=O) groups excluding carboxylic acids is 3. The quantitative estimate of drug-likeness (QED) is 0.507. The van der Waals surface area contributed by atoms with Gasteiger partial charge < -0.3 is 29.9 Å². The van der Waals surface area contributed by atoms with Crippen molar-refractivity contribution in [3.8, 4) is 0 Å². The number of benzene rings is 2. The van der Waals surface area contributed by atoms with Gasteiger partial charge >= 0.3 is 6.09 Å². The third-order valence-corrected chi connectivity index (χ3v) is 5.74. The third kappa shape index (κ3) is 5.52. The number of aliphatic hydroxyl groups is 1. The summed E-state index contributed by atoms with van der Waals surface area (Å²) < 4.78 is 5.39. The summed E-state index contributed by atoms with van der Waals surface area (Å²) in [4.78, 5) is 48.3. The monoisotopic (exact) mass is 465 g/mol. The first kappa shape index (κ1) is 23.2. The van der Waals surface area contributed by atoms with Crippen LogP contribution in [-0.4, -0.2) is 81.6 Å². The molecule has 1 atom stereocenters. The minimum atomic E-state index is -1.08. The highest BCUT2D eigenvalue weighted by Gasteiger charge is 2.29. The van der Waals surface area contributed by atoms with E-state index in [2.05, 4.69) is 15.3 Å². The molecule has 10 nitrogen and oxygen atoms in total. The van der Waals surface area contributed by atoms with Crippen molar-refractivity contribution in [2.24, 2.45) is 0 Å². The van der Waals surface area contributed by atoms with Gasteiger partial charge in [0.25, 0.3) is 5.91 Å². The number of fused-ring (bicyclic) bond motifs is 1. The van der Waals surface area contributed by atoms with E-state index in [-0.39, 0.29) is 13.2 Å². The largest absolute Gasteiger partial charge is 0.445 e. The second-order valence-electron chi connectivity index (χ2n) is 8.05. The lowest BCUT2D eigenvalue weighted by molar-refractivity contribution is -0.134. The maximum Gasteiger partial charge on any atom is 0.410 e. The number of nitrogens with zero attached hydrogens (tertiary/aromatic N) is 3. The van der Waals surface area contributed by atoms with Crippen LogP contribution in [0.15, 0.2) is 54.9 Å². The molecule has 3 N–H and O–H groups in total. The molecule has 0 unspecified atom stereocenters. The van der Waals surface area contributed by atoms with E-state index in [1.165, 1.54) is 6.33 Å². The average molecular weight is 466 g/mol. The van der Waals surface area contributed by atoms with Crippen molar-refractivity contribution in [1.29, 1.82) is 0 Å². The van der Waals surface area contributed by atoms with Crippen LogP contribution in [0.5, 0.6) is 0 Å². The number of nitrogens with one attached hydrogen (secondary N) is 2. The number of H-pyrrole nitrogens is 1. The highest BCUT2D eigenvalue weighted by Crippen LogP contribution is 2.13. The van der Waals surface area contributed by atoms with Crippen LogP contribution >= 0.6 is 0 Å². The second-order valence-corrected chi connectivity index (χ2v) is 8.05. The Balaban J connectivity index is 1.31. The van der Waals surface area contributed by atoms with E-state index in [1.807, 2.05) is 30.3 Å². The lowest BCUT2D eigenvalue weighted by atomic mass is 10.1. The molecule has 1 saturated heterocycles. The first-order valence-corrected chi connectivity index (χ1v) is 11.1. The van der Waals surface area contributed by atoms with Crippen LogP contribution in [0.25, 0.3) is 11.0 Å². The van der Waals surface area contributed by atoms with E-state index >= 15 is 0 Å². The molecule has 1 aliphatic heterocycles. The second kappa shape index (κ2) is 10.8. The zero-order valence-corrected chi connectivity index (χ0v) is 18.6. The van der Waals surface area contributed by atoms with E-state index in [9.17, 15) is 19.5 Å². The molecule has 178 valence electrons. The summed E-state index contributed by atoms with van der Waals surface area (Å²) in [5.74, 6) is -0.859. The number of hydrogen-bond acceptors (Lipinski definition) is 6. The van der Waals surface area contributed by atoms with Gasteiger partial charge in [0.15, 0.2) is 0 Å². The molecule has 2 heterocycles. The van der Waals surface area contributed by atoms with E-state index in [1.54, 1.807) is 28.0 Å².